The van der Waals surface area contributed by atoms with E-state index >= 15 is 0 Å². The lowest BCUT2D eigenvalue weighted by Crippen LogP contribution is -2.56. The number of imidazole rings is 1. The van der Waals surface area contributed by atoms with E-state index in [1.165, 1.54) is 31.4 Å². The smallest absolute Gasteiger partial charge is 0.193 e. The van der Waals surface area contributed by atoms with Crippen molar-refractivity contribution in [2.75, 3.05) is 33.2 Å². The zero-order valence-corrected chi connectivity index (χ0v) is 16.9. The Labute approximate surface area is 168 Å². The van der Waals surface area contributed by atoms with E-state index in [1.807, 2.05) is 25.8 Å². The highest BCUT2D eigenvalue weighted by atomic mass is 15.3. The number of benzene rings is 1. The van der Waals surface area contributed by atoms with Crippen LogP contribution >= 0.6 is 0 Å². The number of fused-ring (bicyclic) bond motifs is 1. The second-order valence-corrected chi connectivity index (χ2v) is 7.93. The van der Waals surface area contributed by atoms with Crippen LogP contribution in [0.15, 0.2) is 54.0 Å². The number of likely N-dealkylation sites (tertiary alicyclic amines) is 2. The summed E-state index contributed by atoms with van der Waals surface area (Å²) in [6.45, 7) is 6.28. The number of nitrogens with zero attached hydrogens (tertiary/aromatic N) is 5. The van der Waals surface area contributed by atoms with E-state index in [4.69, 9.17) is 0 Å². The zero-order valence-electron chi connectivity index (χ0n) is 16.9. The van der Waals surface area contributed by atoms with E-state index < -0.39 is 0 Å². The summed E-state index contributed by atoms with van der Waals surface area (Å²) < 4.78 is 2.09. The van der Waals surface area contributed by atoms with Crippen LogP contribution in [0.5, 0.6) is 0 Å². The van der Waals surface area contributed by atoms with Crippen LogP contribution in [0.2, 0.25) is 0 Å². The van der Waals surface area contributed by atoms with Gasteiger partial charge in [-0.2, -0.15) is 0 Å². The second-order valence-electron chi connectivity index (χ2n) is 7.93. The zero-order chi connectivity index (χ0) is 19.2. The first kappa shape index (κ1) is 19.0. The largest absolute Gasteiger partial charge is 0.354 e. The van der Waals surface area contributed by atoms with Crippen molar-refractivity contribution in [2.45, 2.75) is 38.4 Å². The van der Waals surface area contributed by atoms with Crippen LogP contribution in [0.25, 0.3) is 0 Å². The number of hydrogen-bond donors (Lipinski definition) is 1. The fourth-order valence-electron chi connectivity index (χ4n) is 4.76. The molecule has 0 bridgehead atoms. The van der Waals surface area contributed by atoms with Crippen LogP contribution in [-0.4, -0.2) is 64.6 Å². The van der Waals surface area contributed by atoms with Crippen molar-refractivity contribution in [2.24, 2.45) is 10.9 Å². The van der Waals surface area contributed by atoms with E-state index in [1.54, 1.807) is 0 Å². The maximum atomic E-state index is 4.55. The van der Waals surface area contributed by atoms with E-state index in [0.29, 0.717) is 6.04 Å². The molecule has 0 radical (unpaired) electrons. The molecule has 0 aliphatic carbocycles. The van der Waals surface area contributed by atoms with Crippen molar-refractivity contribution in [3.8, 4) is 0 Å². The van der Waals surface area contributed by atoms with Crippen molar-refractivity contribution in [1.29, 1.82) is 0 Å². The van der Waals surface area contributed by atoms with Crippen molar-refractivity contribution in [3.05, 3.63) is 54.6 Å². The fraction of sp³-hybridized carbons (Fsp3) is 0.545. The molecule has 0 amide bonds. The summed E-state index contributed by atoms with van der Waals surface area (Å²) in [7, 11) is 1.90. The minimum absolute atomic E-state index is 0.703. The molecule has 1 N–H and O–H groups in total. The van der Waals surface area contributed by atoms with Gasteiger partial charge in [0.1, 0.15) is 0 Å². The molecule has 2 atom stereocenters. The maximum absolute atomic E-state index is 4.55. The highest BCUT2D eigenvalue weighted by Crippen LogP contribution is 2.31. The monoisotopic (exact) mass is 380 g/mol. The molecule has 1 aromatic heterocycles. The molecule has 2 unspecified atom stereocenters. The Balaban J connectivity index is 1.32. The molecule has 2 aromatic rings. The van der Waals surface area contributed by atoms with Gasteiger partial charge in [0, 0.05) is 58.2 Å². The van der Waals surface area contributed by atoms with E-state index in [2.05, 4.69) is 60.0 Å². The first-order valence-electron chi connectivity index (χ1n) is 10.5. The average molecular weight is 381 g/mol. The molecule has 28 heavy (non-hydrogen) atoms. The molecule has 150 valence electrons. The van der Waals surface area contributed by atoms with Crippen molar-refractivity contribution < 1.29 is 0 Å². The van der Waals surface area contributed by atoms with E-state index in [0.717, 1.165) is 44.6 Å². The third-order valence-electron chi connectivity index (χ3n) is 6.14. The third-order valence-corrected chi connectivity index (χ3v) is 6.14. The Hall–Kier alpha value is -2.34. The van der Waals surface area contributed by atoms with Crippen molar-refractivity contribution in [1.82, 2.24) is 24.7 Å². The number of guanidine groups is 1. The number of aliphatic imine (C=N–C) groups is 1. The van der Waals surface area contributed by atoms with Crippen molar-refractivity contribution in [3.63, 3.8) is 0 Å². The molecule has 4 rings (SSSR count). The fourth-order valence-corrected chi connectivity index (χ4v) is 4.76. The minimum Gasteiger partial charge on any atom is -0.354 e. The SMILES string of the molecule is CN=C(NCCn1ccnc1)N1CCC2C(CCCN2Cc2ccccc2)C1. The number of hydrogen-bond acceptors (Lipinski definition) is 3. The summed E-state index contributed by atoms with van der Waals surface area (Å²) in [5.74, 6) is 1.78. The van der Waals surface area contributed by atoms with Gasteiger partial charge < -0.3 is 14.8 Å². The molecular formula is C22H32N6. The van der Waals surface area contributed by atoms with Crippen molar-refractivity contribution >= 4 is 5.96 Å². The summed E-state index contributed by atoms with van der Waals surface area (Å²) in [6, 6.07) is 11.6. The molecule has 0 spiro atoms. The predicted octanol–water partition coefficient (Wildman–Crippen LogP) is 2.44. The topological polar surface area (TPSA) is 48.7 Å². The molecule has 2 aliphatic rings. The van der Waals surface area contributed by atoms with Crippen LogP contribution < -0.4 is 5.32 Å². The Morgan fingerprint density at radius 3 is 2.89 bits per heavy atom. The number of aromatic nitrogens is 2. The van der Waals surface area contributed by atoms with Crippen LogP contribution in [0.4, 0.5) is 0 Å². The number of rotatable bonds is 5. The molecule has 2 aliphatic heterocycles. The van der Waals surface area contributed by atoms with Gasteiger partial charge in [0.25, 0.3) is 0 Å². The highest BCUT2D eigenvalue weighted by Gasteiger charge is 2.36. The Kier molecular flexibility index (Phi) is 6.27. The number of piperidine rings is 2. The van der Waals surface area contributed by atoms with Crippen LogP contribution in [0.3, 0.4) is 0 Å². The van der Waals surface area contributed by atoms with Gasteiger partial charge in [0.2, 0.25) is 0 Å². The minimum atomic E-state index is 0.703. The van der Waals surface area contributed by atoms with Gasteiger partial charge >= 0.3 is 0 Å². The average Bonchev–Trinajstić information content (AvgIpc) is 3.25. The molecule has 6 nitrogen and oxygen atoms in total. The first-order valence-corrected chi connectivity index (χ1v) is 10.5. The van der Waals surface area contributed by atoms with E-state index in [9.17, 15) is 0 Å². The van der Waals surface area contributed by atoms with Crippen LogP contribution in [0.1, 0.15) is 24.8 Å². The molecule has 6 heteroatoms. The molecule has 1 aromatic carbocycles. The summed E-state index contributed by atoms with van der Waals surface area (Å²) in [4.78, 5) is 13.8. The van der Waals surface area contributed by atoms with Gasteiger partial charge in [-0.05, 0) is 37.3 Å². The Morgan fingerprint density at radius 1 is 1.21 bits per heavy atom. The maximum Gasteiger partial charge on any atom is 0.193 e. The summed E-state index contributed by atoms with van der Waals surface area (Å²) in [5, 5.41) is 3.54. The van der Waals surface area contributed by atoms with Gasteiger partial charge in [-0.25, -0.2) is 4.98 Å². The highest BCUT2D eigenvalue weighted by molar-refractivity contribution is 5.80. The Morgan fingerprint density at radius 2 is 2.11 bits per heavy atom. The quantitative estimate of drug-likeness (QED) is 0.639. The predicted molar refractivity (Wildman–Crippen MR) is 113 cm³/mol. The standard InChI is InChI=1S/C22H32N6/c1-23-22(25-11-15-26-14-10-24-18-26)28-13-9-21-20(17-28)8-5-12-27(21)16-19-6-3-2-4-7-19/h2-4,6-7,10,14,18,20-21H,5,8-9,11-13,15-17H2,1H3,(H,23,25). The summed E-state index contributed by atoms with van der Waals surface area (Å²) >= 11 is 0. The molecular weight excluding hydrogens is 348 g/mol. The van der Waals surface area contributed by atoms with Crippen LogP contribution in [0, 0.1) is 5.92 Å². The summed E-state index contributed by atoms with van der Waals surface area (Å²) in [5.41, 5.74) is 1.43. The molecule has 0 saturated carbocycles. The number of nitrogens with one attached hydrogen (secondary N) is 1. The van der Waals surface area contributed by atoms with Gasteiger partial charge in [-0.1, -0.05) is 30.3 Å². The lowest BCUT2D eigenvalue weighted by molar-refractivity contribution is 0.0372. The van der Waals surface area contributed by atoms with Crippen LogP contribution in [-0.2, 0) is 13.1 Å². The molecule has 3 heterocycles. The van der Waals surface area contributed by atoms with Gasteiger partial charge in [-0.15, -0.1) is 0 Å². The van der Waals surface area contributed by atoms with Gasteiger partial charge in [0.05, 0.1) is 6.33 Å². The van der Waals surface area contributed by atoms with Gasteiger partial charge in [-0.3, -0.25) is 9.89 Å². The van der Waals surface area contributed by atoms with Gasteiger partial charge in [0.15, 0.2) is 5.96 Å². The van der Waals surface area contributed by atoms with E-state index in [-0.39, 0.29) is 0 Å². The molecule has 2 fully saturated rings. The lowest BCUT2D eigenvalue weighted by atomic mass is 9.83. The lowest BCUT2D eigenvalue weighted by Gasteiger charge is -2.48. The second kappa shape index (κ2) is 9.24. The molecule has 2 saturated heterocycles. The first-order chi connectivity index (χ1) is 13.8. The normalized spacial score (nSPS) is 23.5. The Bertz CT molecular complexity index is 742. The summed E-state index contributed by atoms with van der Waals surface area (Å²) in [6.07, 6.45) is 9.54. The third kappa shape index (κ3) is 4.55.